The molecule has 1 fully saturated rings. The highest BCUT2D eigenvalue weighted by Gasteiger charge is 2.19. The van der Waals surface area contributed by atoms with Crippen molar-refractivity contribution in [1.29, 1.82) is 0 Å². The van der Waals surface area contributed by atoms with Crippen molar-refractivity contribution in [3.63, 3.8) is 0 Å². The van der Waals surface area contributed by atoms with Crippen LogP contribution in [-0.2, 0) is 0 Å². The summed E-state index contributed by atoms with van der Waals surface area (Å²) in [6, 6.07) is 12.8. The first-order chi connectivity index (χ1) is 11.8. The molecule has 2 N–H and O–H groups in total. The molecule has 1 aliphatic heterocycles. The lowest BCUT2D eigenvalue weighted by atomic mass is 10.2. The zero-order valence-electron chi connectivity index (χ0n) is 15.4. The smallest absolute Gasteiger partial charge is 0.142 e. The van der Waals surface area contributed by atoms with E-state index in [1.165, 1.54) is 33.5 Å². The lowest BCUT2D eigenvalue weighted by Gasteiger charge is -2.36. The number of thiophene rings is 1. The molecule has 0 aliphatic carbocycles. The molecule has 0 atom stereocenters. The third-order valence-electron chi connectivity index (χ3n) is 4.38. The number of thioether (sulfide) groups is 1. The van der Waals surface area contributed by atoms with E-state index in [4.69, 9.17) is 4.74 Å². The van der Waals surface area contributed by atoms with E-state index in [-0.39, 0.29) is 17.9 Å². The molecule has 2 heterocycles. The van der Waals surface area contributed by atoms with Gasteiger partial charge in [0, 0.05) is 36.8 Å². The van der Waals surface area contributed by atoms with Crippen LogP contribution in [0.25, 0.3) is 0 Å². The van der Waals surface area contributed by atoms with Gasteiger partial charge in [0.25, 0.3) is 0 Å². The van der Waals surface area contributed by atoms with Gasteiger partial charge in [0.05, 0.1) is 17.0 Å². The summed E-state index contributed by atoms with van der Waals surface area (Å²) in [7, 11) is 1.75. The number of anilines is 1. The van der Waals surface area contributed by atoms with Crippen LogP contribution in [0.2, 0.25) is 0 Å². The Morgan fingerprint density at radius 1 is 1.08 bits per heavy atom. The summed E-state index contributed by atoms with van der Waals surface area (Å²) < 4.78 is 6.94. The van der Waals surface area contributed by atoms with Crippen LogP contribution < -0.4 is 9.64 Å². The molecule has 0 unspecified atom stereocenters. The van der Waals surface area contributed by atoms with E-state index in [1.807, 2.05) is 35.2 Å². The number of ether oxygens (including phenoxy) is 1. The quantitative estimate of drug-likeness (QED) is 0.506. The number of hydrogen-bond acceptors (Lipinski definition) is 5. The van der Waals surface area contributed by atoms with E-state index < -0.39 is 0 Å². The van der Waals surface area contributed by atoms with Crippen molar-refractivity contribution in [2.45, 2.75) is 17.6 Å². The van der Waals surface area contributed by atoms with E-state index in [9.17, 15) is 0 Å². The molecule has 1 saturated heterocycles. The highest BCUT2D eigenvalue weighted by molar-refractivity contribution is 8.01. The van der Waals surface area contributed by atoms with Gasteiger partial charge >= 0.3 is 0 Å². The number of piperazine rings is 1. The van der Waals surface area contributed by atoms with Crippen molar-refractivity contribution in [1.82, 2.24) is 4.90 Å². The Bertz CT molecular complexity index is 646. The van der Waals surface area contributed by atoms with Gasteiger partial charge in [-0.15, -0.1) is 35.5 Å². The Kier molecular flexibility index (Phi) is 10.4. The van der Waals surface area contributed by atoms with Gasteiger partial charge in [-0.1, -0.05) is 12.1 Å². The van der Waals surface area contributed by atoms with Crippen LogP contribution in [0, 0.1) is 6.92 Å². The van der Waals surface area contributed by atoms with Crippen LogP contribution in [0.4, 0.5) is 5.69 Å². The molecule has 0 radical (unpaired) electrons. The van der Waals surface area contributed by atoms with Gasteiger partial charge in [-0.25, -0.2) is 0 Å². The number of aryl methyl sites for hydroxylation is 1. The largest absolute Gasteiger partial charge is 0.495 e. The molecule has 1 aliphatic rings. The summed E-state index contributed by atoms with van der Waals surface area (Å²) >= 11 is 3.90. The molecule has 26 heavy (non-hydrogen) atoms. The molecule has 3 rings (SSSR count). The molecule has 0 amide bonds. The van der Waals surface area contributed by atoms with Crippen LogP contribution in [-0.4, -0.2) is 56.0 Å². The predicted octanol–water partition coefficient (Wildman–Crippen LogP) is 3.97. The normalized spacial score (nSPS) is 14.5. The molecule has 0 saturated carbocycles. The lowest BCUT2D eigenvalue weighted by molar-refractivity contribution is 0.258. The highest BCUT2D eigenvalue weighted by atomic mass is 35.5. The summed E-state index contributed by atoms with van der Waals surface area (Å²) in [5.74, 6) is 2.20. The second kappa shape index (κ2) is 11.7. The lowest BCUT2D eigenvalue weighted by Crippen LogP contribution is -2.46. The van der Waals surface area contributed by atoms with E-state index >= 15 is 0 Å². The van der Waals surface area contributed by atoms with Crippen LogP contribution >= 0.6 is 35.5 Å². The number of benzene rings is 1. The standard InChI is InChI=1S/C19H26N2OS2.ClH.H2O/c1-16-8-9-19(24-16)23-15-5-10-20-11-13-21(14-12-20)17-6-3-4-7-18(17)22-2;;/h3-4,6-9H,5,10-15H2,1-2H3;1H;1H2. The fourth-order valence-corrected chi connectivity index (χ4v) is 5.16. The Hall–Kier alpha value is -0.920. The second-order valence-corrected chi connectivity index (χ2v) is 8.75. The minimum Gasteiger partial charge on any atom is -0.495 e. The molecule has 1 aromatic carbocycles. The number of halogens is 1. The zero-order chi connectivity index (χ0) is 16.8. The van der Waals surface area contributed by atoms with Gasteiger partial charge in [-0.05, 0) is 44.2 Å². The van der Waals surface area contributed by atoms with E-state index in [0.29, 0.717) is 0 Å². The highest BCUT2D eigenvalue weighted by Crippen LogP contribution is 2.29. The zero-order valence-corrected chi connectivity index (χ0v) is 17.9. The maximum Gasteiger partial charge on any atom is 0.142 e. The minimum atomic E-state index is 0. The SMILES string of the molecule is COc1ccccc1N1CCN(CCCSc2ccc(C)s2)CC1.Cl.O. The average Bonchev–Trinajstić information content (AvgIpc) is 3.04. The molecule has 2 aromatic rings. The maximum atomic E-state index is 5.49. The number of rotatable bonds is 7. The fraction of sp³-hybridized carbons (Fsp3) is 0.474. The molecule has 146 valence electrons. The number of methoxy groups -OCH3 is 1. The van der Waals surface area contributed by atoms with E-state index in [1.54, 1.807) is 7.11 Å². The first-order valence-electron chi connectivity index (χ1n) is 8.56. The van der Waals surface area contributed by atoms with Crippen LogP contribution in [0.1, 0.15) is 11.3 Å². The summed E-state index contributed by atoms with van der Waals surface area (Å²) in [5, 5.41) is 0. The number of para-hydroxylation sites is 2. The van der Waals surface area contributed by atoms with E-state index in [0.717, 1.165) is 31.9 Å². The Morgan fingerprint density at radius 2 is 1.81 bits per heavy atom. The number of hydrogen-bond donors (Lipinski definition) is 0. The monoisotopic (exact) mass is 416 g/mol. The van der Waals surface area contributed by atoms with Gasteiger partial charge < -0.3 is 15.1 Å². The molecular formula is C19H29ClN2O2S2. The molecule has 0 bridgehead atoms. The summed E-state index contributed by atoms with van der Waals surface area (Å²) in [5.41, 5.74) is 1.23. The maximum absolute atomic E-state index is 5.49. The van der Waals surface area contributed by atoms with Crippen molar-refractivity contribution in [2.24, 2.45) is 0 Å². The van der Waals surface area contributed by atoms with Gasteiger partial charge in [0.15, 0.2) is 0 Å². The Labute approximate surface area is 171 Å². The van der Waals surface area contributed by atoms with Gasteiger partial charge in [-0.3, -0.25) is 4.90 Å². The third kappa shape index (κ3) is 6.35. The van der Waals surface area contributed by atoms with Crippen molar-refractivity contribution in [2.75, 3.05) is 50.5 Å². The average molecular weight is 417 g/mol. The first-order valence-corrected chi connectivity index (χ1v) is 10.4. The Balaban J connectivity index is 0.00000169. The molecule has 7 heteroatoms. The topological polar surface area (TPSA) is 47.2 Å². The van der Waals surface area contributed by atoms with Crippen molar-refractivity contribution >= 4 is 41.2 Å². The summed E-state index contributed by atoms with van der Waals surface area (Å²) in [6.07, 6.45) is 1.26. The second-order valence-electron chi connectivity index (χ2n) is 6.07. The van der Waals surface area contributed by atoms with Crippen LogP contribution in [0.15, 0.2) is 40.6 Å². The molecule has 4 nitrogen and oxygen atoms in total. The van der Waals surface area contributed by atoms with Gasteiger partial charge in [-0.2, -0.15) is 0 Å². The van der Waals surface area contributed by atoms with Crippen LogP contribution in [0.5, 0.6) is 5.75 Å². The van der Waals surface area contributed by atoms with E-state index in [2.05, 4.69) is 41.0 Å². The Morgan fingerprint density at radius 3 is 2.46 bits per heavy atom. The number of nitrogens with zero attached hydrogens (tertiary/aromatic N) is 2. The predicted molar refractivity (Wildman–Crippen MR) is 117 cm³/mol. The van der Waals surface area contributed by atoms with Crippen molar-refractivity contribution in [3.05, 3.63) is 41.3 Å². The minimum absolute atomic E-state index is 0. The first kappa shape index (κ1) is 23.1. The summed E-state index contributed by atoms with van der Waals surface area (Å²) in [6.45, 7) is 7.82. The summed E-state index contributed by atoms with van der Waals surface area (Å²) in [4.78, 5) is 6.44. The van der Waals surface area contributed by atoms with Crippen LogP contribution in [0.3, 0.4) is 0 Å². The molecule has 0 spiro atoms. The van der Waals surface area contributed by atoms with Gasteiger partial charge in [0.1, 0.15) is 5.75 Å². The van der Waals surface area contributed by atoms with Gasteiger partial charge in [0.2, 0.25) is 0 Å². The molecule has 1 aromatic heterocycles. The van der Waals surface area contributed by atoms with Crippen molar-refractivity contribution in [3.8, 4) is 5.75 Å². The van der Waals surface area contributed by atoms with Crippen molar-refractivity contribution < 1.29 is 10.2 Å². The third-order valence-corrected chi connectivity index (χ3v) is 6.69. The molecular weight excluding hydrogens is 388 g/mol. The fourth-order valence-electron chi connectivity index (χ4n) is 3.05.